The summed E-state index contributed by atoms with van der Waals surface area (Å²) in [5.74, 6) is -0.177. The van der Waals surface area contributed by atoms with Crippen molar-refractivity contribution in [3.05, 3.63) is 0 Å². The maximum absolute atomic E-state index is 12.2. The lowest BCUT2D eigenvalue weighted by Gasteiger charge is -2.26. The van der Waals surface area contributed by atoms with Crippen LogP contribution in [0, 0.1) is 11.8 Å². The third kappa shape index (κ3) is 13.0. The Kier molecular flexibility index (Phi) is 15.9. The first-order valence-corrected chi connectivity index (χ1v) is 12.5. The second-order valence-electron chi connectivity index (χ2n) is 8.77. The summed E-state index contributed by atoms with van der Waals surface area (Å²) >= 11 is 0. The van der Waals surface area contributed by atoms with Gasteiger partial charge in [-0.2, -0.15) is 0 Å². The third-order valence-corrected chi connectivity index (χ3v) is 6.13. The van der Waals surface area contributed by atoms with Crippen molar-refractivity contribution < 1.29 is 19.1 Å². The van der Waals surface area contributed by atoms with Crippen LogP contribution in [-0.4, -0.2) is 25.2 Å². The zero-order valence-electron chi connectivity index (χ0n) is 19.2. The van der Waals surface area contributed by atoms with E-state index in [1.165, 1.54) is 57.8 Å². The molecule has 0 unspecified atom stereocenters. The smallest absolute Gasteiger partial charge is 0.308 e. The van der Waals surface area contributed by atoms with Crippen LogP contribution in [0.1, 0.15) is 123 Å². The highest BCUT2D eigenvalue weighted by Gasteiger charge is 2.31. The zero-order valence-corrected chi connectivity index (χ0v) is 19.2. The van der Waals surface area contributed by atoms with Gasteiger partial charge in [-0.25, -0.2) is 0 Å². The number of esters is 2. The summed E-state index contributed by atoms with van der Waals surface area (Å²) in [5.41, 5.74) is 0. The molecule has 0 aromatic heterocycles. The zero-order chi connectivity index (χ0) is 21.2. The Hall–Kier alpha value is -1.06. The van der Waals surface area contributed by atoms with Gasteiger partial charge in [0, 0.05) is 0 Å². The van der Waals surface area contributed by atoms with E-state index in [1.54, 1.807) is 0 Å². The van der Waals surface area contributed by atoms with Crippen molar-refractivity contribution in [1.29, 1.82) is 0 Å². The van der Waals surface area contributed by atoms with Crippen LogP contribution < -0.4 is 0 Å². The molecule has 0 atom stereocenters. The minimum atomic E-state index is -0.0667. The van der Waals surface area contributed by atoms with Gasteiger partial charge in [0.1, 0.15) is 0 Å². The number of carbonyl (C=O) groups excluding carboxylic acids is 2. The second kappa shape index (κ2) is 17.8. The summed E-state index contributed by atoms with van der Waals surface area (Å²) in [6, 6.07) is 0. The molecule has 0 radical (unpaired) electrons. The first-order chi connectivity index (χ1) is 14.2. The van der Waals surface area contributed by atoms with E-state index in [4.69, 9.17) is 9.47 Å². The quantitative estimate of drug-likeness (QED) is 0.191. The molecule has 1 rings (SSSR count). The van der Waals surface area contributed by atoms with Gasteiger partial charge in [-0.15, -0.1) is 0 Å². The van der Waals surface area contributed by atoms with Gasteiger partial charge in [-0.05, 0) is 38.5 Å². The molecule has 0 amide bonds. The molecule has 1 fully saturated rings. The molecule has 4 nitrogen and oxygen atoms in total. The van der Waals surface area contributed by atoms with E-state index in [0.717, 1.165) is 51.4 Å². The molecule has 170 valence electrons. The van der Waals surface area contributed by atoms with Gasteiger partial charge in [0.15, 0.2) is 0 Å². The lowest BCUT2D eigenvalue weighted by molar-refractivity contribution is -0.155. The Balaban J connectivity index is 2.00. The lowest BCUT2D eigenvalue weighted by atomic mass is 9.82. The molecular weight excluding hydrogens is 364 g/mol. The Labute approximate surface area is 179 Å². The van der Waals surface area contributed by atoms with E-state index in [0.29, 0.717) is 13.2 Å². The minimum Gasteiger partial charge on any atom is -0.465 e. The third-order valence-electron chi connectivity index (χ3n) is 6.13. The molecule has 4 heteroatoms. The molecule has 0 spiro atoms. The van der Waals surface area contributed by atoms with E-state index in [1.807, 2.05) is 0 Å². The molecule has 0 aromatic rings. The number of rotatable bonds is 17. The van der Waals surface area contributed by atoms with E-state index in [-0.39, 0.29) is 23.8 Å². The SMILES string of the molecule is CCCCCCCCCCCOC(=O)C1CCC(C(=O)OCCCCCC)CC1. The molecule has 29 heavy (non-hydrogen) atoms. The molecule has 0 aliphatic heterocycles. The normalized spacial score (nSPS) is 19.1. The fraction of sp³-hybridized carbons (Fsp3) is 0.920. The highest BCUT2D eigenvalue weighted by atomic mass is 16.5. The van der Waals surface area contributed by atoms with Crippen molar-refractivity contribution in [2.45, 2.75) is 123 Å². The molecule has 0 aromatic carbocycles. The summed E-state index contributed by atoms with van der Waals surface area (Å²) < 4.78 is 10.9. The van der Waals surface area contributed by atoms with Crippen molar-refractivity contribution >= 4 is 11.9 Å². The van der Waals surface area contributed by atoms with E-state index < -0.39 is 0 Å². The number of carbonyl (C=O) groups is 2. The number of hydrogen-bond acceptors (Lipinski definition) is 4. The van der Waals surface area contributed by atoms with Gasteiger partial charge in [-0.1, -0.05) is 84.5 Å². The van der Waals surface area contributed by atoms with Crippen LogP contribution in [0.2, 0.25) is 0 Å². The lowest BCUT2D eigenvalue weighted by Crippen LogP contribution is -2.28. The van der Waals surface area contributed by atoms with Crippen LogP contribution in [-0.2, 0) is 19.1 Å². The van der Waals surface area contributed by atoms with E-state index >= 15 is 0 Å². The maximum Gasteiger partial charge on any atom is 0.308 e. The van der Waals surface area contributed by atoms with Gasteiger partial charge in [-0.3, -0.25) is 9.59 Å². The molecule has 0 heterocycles. The molecule has 0 N–H and O–H groups in total. The standard InChI is InChI=1S/C25H46O4/c1-3-5-7-9-10-11-12-13-15-21-29-25(27)23-18-16-22(17-19-23)24(26)28-20-14-8-6-4-2/h22-23H,3-21H2,1-2H3. The number of ether oxygens (including phenoxy) is 2. The predicted octanol–water partition coefficient (Wildman–Crippen LogP) is 6.99. The van der Waals surface area contributed by atoms with Crippen LogP contribution in [0.25, 0.3) is 0 Å². The number of unbranched alkanes of at least 4 members (excludes halogenated alkanes) is 11. The molecule has 0 bridgehead atoms. The number of hydrogen-bond donors (Lipinski definition) is 0. The topological polar surface area (TPSA) is 52.6 Å². The van der Waals surface area contributed by atoms with Gasteiger partial charge < -0.3 is 9.47 Å². The first-order valence-electron chi connectivity index (χ1n) is 12.5. The van der Waals surface area contributed by atoms with Crippen molar-refractivity contribution in [2.24, 2.45) is 11.8 Å². The molecule has 0 saturated heterocycles. The Bertz CT molecular complexity index is 413. The van der Waals surface area contributed by atoms with Gasteiger partial charge in [0.2, 0.25) is 0 Å². The van der Waals surface area contributed by atoms with E-state index in [2.05, 4.69) is 13.8 Å². The van der Waals surface area contributed by atoms with Crippen LogP contribution in [0.4, 0.5) is 0 Å². The average molecular weight is 411 g/mol. The average Bonchev–Trinajstić information content (AvgIpc) is 2.74. The van der Waals surface area contributed by atoms with Crippen LogP contribution >= 0.6 is 0 Å². The molecule has 1 aliphatic carbocycles. The Morgan fingerprint density at radius 1 is 0.552 bits per heavy atom. The molecular formula is C25H46O4. The van der Waals surface area contributed by atoms with Crippen LogP contribution in [0.5, 0.6) is 0 Å². The fourth-order valence-corrected chi connectivity index (χ4v) is 4.09. The fourth-order valence-electron chi connectivity index (χ4n) is 4.09. The van der Waals surface area contributed by atoms with E-state index in [9.17, 15) is 9.59 Å². The summed E-state index contributed by atoms with van der Waals surface area (Å²) in [5, 5.41) is 0. The monoisotopic (exact) mass is 410 g/mol. The highest BCUT2D eigenvalue weighted by molar-refractivity contribution is 5.75. The summed E-state index contributed by atoms with van der Waals surface area (Å²) in [4.78, 5) is 24.4. The van der Waals surface area contributed by atoms with Crippen LogP contribution in [0.15, 0.2) is 0 Å². The van der Waals surface area contributed by atoms with Crippen molar-refractivity contribution in [3.8, 4) is 0 Å². The highest BCUT2D eigenvalue weighted by Crippen LogP contribution is 2.30. The van der Waals surface area contributed by atoms with Crippen molar-refractivity contribution in [3.63, 3.8) is 0 Å². The van der Waals surface area contributed by atoms with Gasteiger partial charge >= 0.3 is 11.9 Å². The summed E-state index contributed by atoms with van der Waals surface area (Å²) in [6.45, 7) is 5.51. The largest absolute Gasteiger partial charge is 0.465 e. The Morgan fingerprint density at radius 3 is 1.24 bits per heavy atom. The predicted molar refractivity (Wildman–Crippen MR) is 119 cm³/mol. The summed E-state index contributed by atoms with van der Waals surface area (Å²) in [6.07, 6.45) is 18.9. The van der Waals surface area contributed by atoms with Crippen molar-refractivity contribution in [2.75, 3.05) is 13.2 Å². The Morgan fingerprint density at radius 2 is 0.862 bits per heavy atom. The van der Waals surface area contributed by atoms with Gasteiger partial charge in [0.05, 0.1) is 25.0 Å². The first kappa shape index (κ1) is 26.0. The second-order valence-corrected chi connectivity index (χ2v) is 8.77. The van der Waals surface area contributed by atoms with Crippen molar-refractivity contribution in [1.82, 2.24) is 0 Å². The van der Waals surface area contributed by atoms with Crippen LogP contribution in [0.3, 0.4) is 0 Å². The molecule has 1 saturated carbocycles. The minimum absolute atomic E-state index is 0.0254. The maximum atomic E-state index is 12.2. The molecule has 1 aliphatic rings. The van der Waals surface area contributed by atoms with Gasteiger partial charge in [0.25, 0.3) is 0 Å². The summed E-state index contributed by atoms with van der Waals surface area (Å²) in [7, 11) is 0.